The van der Waals surface area contributed by atoms with Gasteiger partial charge in [0, 0.05) is 5.38 Å². The van der Waals surface area contributed by atoms with Gasteiger partial charge >= 0.3 is 12.1 Å². The van der Waals surface area contributed by atoms with Crippen LogP contribution in [0.3, 0.4) is 0 Å². The van der Waals surface area contributed by atoms with Crippen molar-refractivity contribution in [2.75, 3.05) is 11.9 Å². The van der Waals surface area contributed by atoms with E-state index in [9.17, 15) is 18.0 Å². The molecule has 0 spiro atoms. The zero-order chi connectivity index (χ0) is 16.2. The lowest BCUT2D eigenvalue weighted by atomic mass is 10.2. The minimum absolute atomic E-state index is 0.00701. The maximum atomic E-state index is 12.9. The standard InChI is InChI=1S/C14H13F3N2O2S/c1-2-21-12(20)7-9-8-22-13(18-9)19-11-6-4-3-5-10(11)14(15,16)17/h3-6,8H,2,7H2,1H3,(H,18,19). The molecule has 4 nitrogen and oxygen atoms in total. The first-order valence-electron chi connectivity index (χ1n) is 6.43. The van der Waals surface area contributed by atoms with E-state index in [1.165, 1.54) is 18.2 Å². The van der Waals surface area contributed by atoms with Crippen LogP contribution in [0.4, 0.5) is 24.0 Å². The van der Waals surface area contributed by atoms with Crippen molar-refractivity contribution >= 4 is 28.1 Å². The van der Waals surface area contributed by atoms with Gasteiger partial charge in [-0.15, -0.1) is 11.3 Å². The van der Waals surface area contributed by atoms with Gasteiger partial charge in [0.1, 0.15) is 0 Å². The van der Waals surface area contributed by atoms with Gasteiger partial charge in [-0.1, -0.05) is 12.1 Å². The molecule has 1 aromatic carbocycles. The molecule has 0 aliphatic rings. The predicted molar refractivity (Wildman–Crippen MR) is 77.2 cm³/mol. The summed E-state index contributed by atoms with van der Waals surface area (Å²) in [6, 6.07) is 5.15. The fraction of sp³-hybridized carbons (Fsp3) is 0.286. The number of hydrogen-bond acceptors (Lipinski definition) is 5. The molecule has 0 amide bonds. The second-order valence-corrected chi connectivity index (χ2v) is 5.15. The first-order chi connectivity index (χ1) is 10.4. The highest BCUT2D eigenvalue weighted by Gasteiger charge is 2.33. The average molecular weight is 330 g/mol. The van der Waals surface area contributed by atoms with E-state index in [2.05, 4.69) is 10.3 Å². The molecular formula is C14H13F3N2O2S. The quantitative estimate of drug-likeness (QED) is 0.842. The van der Waals surface area contributed by atoms with Crippen LogP contribution in [0.5, 0.6) is 0 Å². The molecule has 0 unspecified atom stereocenters. The molecule has 8 heteroatoms. The Balaban J connectivity index is 2.13. The molecule has 0 bridgehead atoms. The second kappa shape index (κ2) is 6.78. The lowest BCUT2D eigenvalue weighted by molar-refractivity contribution is -0.142. The molecular weight excluding hydrogens is 317 g/mol. The molecule has 2 aromatic rings. The van der Waals surface area contributed by atoms with Crippen LogP contribution in [0, 0.1) is 0 Å². The van der Waals surface area contributed by atoms with Crippen molar-refractivity contribution in [2.24, 2.45) is 0 Å². The molecule has 1 aromatic heterocycles. The highest BCUT2D eigenvalue weighted by Crippen LogP contribution is 2.36. The van der Waals surface area contributed by atoms with E-state index >= 15 is 0 Å². The largest absolute Gasteiger partial charge is 0.466 e. The number of anilines is 2. The van der Waals surface area contributed by atoms with E-state index in [0.717, 1.165) is 17.4 Å². The SMILES string of the molecule is CCOC(=O)Cc1csc(Nc2ccccc2C(F)(F)F)n1. The number of thiazole rings is 1. The number of aromatic nitrogens is 1. The van der Waals surface area contributed by atoms with Gasteiger partial charge in [0.2, 0.25) is 0 Å². The van der Waals surface area contributed by atoms with Crippen LogP contribution in [-0.2, 0) is 22.1 Å². The summed E-state index contributed by atoms with van der Waals surface area (Å²) in [5.74, 6) is -0.421. The monoisotopic (exact) mass is 330 g/mol. The van der Waals surface area contributed by atoms with Crippen molar-refractivity contribution in [3.63, 3.8) is 0 Å². The number of nitrogens with zero attached hydrogens (tertiary/aromatic N) is 1. The van der Waals surface area contributed by atoms with Crippen LogP contribution >= 0.6 is 11.3 Å². The van der Waals surface area contributed by atoms with Crippen LogP contribution in [-0.4, -0.2) is 17.6 Å². The Kier molecular flexibility index (Phi) is 5.02. The zero-order valence-electron chi connectivity index (χ0n) is 11.6. The van der Waals surface area contributed by atoms with Crippen molar-refractivity contribution in [3.8, 4) is 0 Å². The lowest BCUT2D eigenvalue weighted by Crippen LogP contribution is -2.09. The maximum Gasteiger partial charge on any atom is 0.418 e. The molecule has 0 saturated heterocycles. The first-order valence-corrected chi connectivity index (χ1v) is 7.31. The topological polar surface area (TPSA) is 51.2 Å². The first kappa shape index (κ1) is 16.3. The number of hydrogen-bond donors (Lipinski definition) is 1. The molecule has 118 valence electrons. The molecule has 0 fully saturated rings. The van der Waals surface area contributed by atoms with Crippen molar-refractivity contribution in [3.05, 3.63) is 40.9 Å². The van der Waals surface area contributed by atoms with Gasteiger partial charge in [0.25, 0.3) is 0 Å². The van der Waals surface area contributed by atoms with Gasteiger partial charge in [-0.2, -0.15) is 13.2 Å². The van der Waals surface area contributed by atoms with Crippen LogP contribution in [0.15, 0.2) is 29.6 Å². The Hall–Kier alpha value is -2.09. The number of benzene rings is 1. The molecule has 1 heterocycles. The van der Waals surface area contributed by atoms with Gasteiger partial charge < -0.3 is 10.1 Å². The normalized spacial score (nSPS) is 11.3. The summed E-state index contributed by atoms with van der Waals surface area (Å²) in [6.45, 7) is 1.97. The number of rotatable bonds is 5. The minimum atomic E-state index is -4.45. The summed E-state index contributed by atoms with van der Waals surface area (Å²) in [6.07, 6.45) is -4.46. The minimum Gasteiger partial charge on any atom is -0.466 e. The van der Waals surface area contributed by atoms with Crippen LogP contribution in [0.2, 0.25) is 0 Å². The predicted octanol–water partition coefficient (Wildman–Crippen LogP) is 4.01. The van der Waals surface area contributed by atoms with E-state index in [4.69, 9.17) is 4.74 Å². The van der Waals surface area contributed by atoms with Gasteiger partial charge in [0.05, 0.1) is 30.0 Å². The number of nitrogens with one attached hydrogen (secondary N) is 1. The molecule has 22 heavy (non-hydrogen) atoms. The summed E-state index contributed by atoms with van der Waals surface area (Å²) >= 11 is 1.13. The van der Waals surface area contributed by atoms with Crippen molar-refractivity contribution < 1.29 is 22.7 Å². The number of esters is 1. The number of para-hydroxylation sites is 1. The van der Waals surface area contributed by atoms with Gasteiger partial charge in [0.15, 0.2) is 5.13 Å². The zero-order valence-corrected chi connectivity index (χ0v) is 12.4. The number of alkyl halides is 3. The van der Waals surface area contributed by atoms with E-state index in [0.29, 0.717) is 5.69 Å². The molecule has 2 rings (SSSR count). The molecule has 0 aliphatic carbocycles. The average Bonchev–Trinajstić information content (AvgIpc) is 2.85. The summed E-state index contributed by atoms with van der Waals surface area (Å²) in [7, 11) is 0. The molecule has 0 radical (unpaired) electrons. The number of carbonyl (C=O) groups is 1. The van der Waals surface area contributed by atoms with Crippen molar-refractivity contribution in [1.29, 1.82) is 0 Å². The number of carbonyl (C=O) groups excluding carboxylic acids is 1. The third kappa shape index (κ3) is 4.20. The van der Waals surface area contributed by atoms with Gasteiger partial charge in [-0.3, -0.25) is 4.79 Å². The maximum absolute atomic E-state index is 12.9. The van der Waals surface area contributed by atoms with Crippen molar-refractivity contribution in [2.45, 2.75) is 19.5 Å². The van der Waals surface area contributed by atoms with E-state index in [1.54, 1.807) is 12.3 Å². The number of ether oxygens (including phenoxy) is 1. The smallest absolute Gasteiger partial charge is 0.418 e. The Morgan fingerprint density at radius 2 is 2.09 bits per heavy atom. The van der Waals surface area contributed by atoms with Gasteiger partial charge in [-0.25, -0.2) is 4.98 Å². The fourth-order valence-electron chi connectivity index (χ4n) is 1.76. The Morgan fingerprint density at radius 3 is 2.77 bits per heavy atom. The fourth-order valence-corrected chi connectivity index (χ4v) is 2.48. The van der Waals surface area contributed by atoms with Crippen LogP contribution in [0.1, 0.15) is 18.2 Å². The van der Waals surface area contributed by atoms with E-state index < -0.39 is 17.7 Å². The van der Waals surface area contributed by atoms with Crippen molar-refractivity contribution in [1.82, 2.24) is 4.98 Å². The highest BCUT2D eigenvalue weighted by molar-refractivity contribution is 7.13. The second-order valence-electron chi connectivity index (χ2n) is 4.29. The van der Waals surface area contributed by atoms with E-state index in [-0.39, 0.29) is 23.8 Å². The summed E-state index contributed by atoms with van der Waals surface area (Å²) in [5.41, 5.74) is -0.389. The lowest BCUT2D eigenvalue weighted by Gasteiger charge is -2.12. The summed E-state index contributed by atoms with van der Waals surface area (Å²) in [4.78, 5) is 15.4. The Morgan fingerprint density at radius 1 is 1.36 bits per heavy atom. The third-order valence-corrected chi connectivity index (χ3v) is 3.46. The molecule has 1 N–H and O–H groups in total. The Labute approximate surface area is 128 Å². The summed E-state index contributed by atoms with van der Waals surface area (Å²) in [5, 5.41) is 4.53. The van der Waals surface area contributed by atoms with Crippen LogP contribution in [0.25, 0.3) is 0 Å². The van der Waals surface area contributed by atoms with Gasteiger partial charge in [-0.05, 0) is 19.1 Å². The highest BCUT2D eigenvalue weighted by atomic mass is 32.1. The molecule has 0 saturated carbocycles. The van der Waals surface area contributed by atoms with Crippen LogP contribution < -0.4 is 5.32 Å². The Bertz CT molecular complexity index is 656. The van der Waals surface area contributed by atoms with E-state index in [1.807, 2.05) is 0 Å². The molecule has 0 aliphatic heterocycles. The molecule has 0 atom stereocenters. The summed E-state index contributed by atoms with van der Waals surface area (Å²) < 4.78 is 43.5. The number of halogens is 3. The third-order valence-electron chi connectivity index (χ3n) is 2.66.